The summed E-state index contributed by atoms with van der Waals surface area (Å²) in [6, 6.07) is 0. The van der Waals surface area contributed by atoms with Crippen LogP contribution < -0.4 is 0 Å². The van der Waals surface area contributed by atoms with Crippen LogP contribution in [0.25, 0.3) is 0 Å². The van der Waals surface area contributed by atoms with E-state index >= 15 is 0 Å². The minimum atomic E-state index is -0.788. The van der Waals surface area contributed by atoms with E-state index in [1.54, 1.807) is 0 Å². The molecular formula is C58H102O6. The molecule has 1 atom stereocenters. The third-order valence-corrected chi connectivity index (χ3v) is 11.8. The number of hydrogen-bond donors (Lipinski definition) is 0. The van der Waals surface area contributed by atoms with Crippen LogP contribution in [-0.4, -0.2) is 37.2 Å². The van der Waals surface area contributed by atoms with Gasteiger partial charge in [0.05, 0.1) is 0 Å². The lowest BCUT2D eigenvalue weighted by Gasteiger charge is -2.18. The molecule has 0 aromatic carbocycles. The molecule has 0 aromatic rings. The predicted octanol–water partition coefficient (Wildman–Crippen LogP) is 18.0. The lowest BCUT2D eigenvalue weighted by Crippen LogP contribution is -2.30. The maximum absolute atomic E-state index is 12.8. The van der Waals surface area contributed by atoms with E-state index in [0.29, 0.717) is 19.3 Å². The third kappa shape index (κ3) is 50.1. The monoisotopic (exact) mass is 895 g/mol. The predicted molar refractivity (Wildman–Crippen MR) is 275 cm³/mol. The summed E-state index contributed by atoms with van der Waals surface area (Å²) in [5.74, 6) is -0.913. The van der Waals surface area contributed by atoms with E-state index in [1.165, 1.54) is 135 Å². The molecule has 0 N–H and O–H groups in total. The molecular weight excluding hydrogens is 793 g/mol. The Balaban J connectivity index is 4.40. The Kier molecular flexibility index (Phi) is 50.4. The van der Waals surface area contributed by atoms with Crippen molar-refractivity contribution >= 4 is 17.9 Å². The van der Waals surface area contributed by atoms with Gasteiger partial charge in [0.1, 0.15) is 13.2 Å². The number of ether oxygens (including phenoxy) is 3. The topological polar surface area (TPSA) is 78.9 Å². The summed E-state index contributed by atoms with van der Waals surface area (Å²) >= 11 is 0. The van der Waals surface area contributed by atoms with Gasteiger partial charge in [0.2, 0.25) is 0 Å². The molecule has 0 radical (unpaired) electrons. The van der Waals surface area contributed by atoms with Gasteiger partial charge in [0.25, 0.3) is 0 Å². The summed E-state index contributed by atoms with van der Waals surface area (Å²) in [6.45, 7) is 6.49. The van der Waals surface area contributed by atoms with E-state index in [2.05, 4.69) is 81.5 Å². The maximum Gasteiger partial charge on any atom is 0.306 e. The Labute approximate surface area is 396 Å². The number of esters is 3. The molecule has 0 aromatic heterocycles. The van der Waals surface area contributed by atoms with Crippen LogP contribution in [0, 0.1) is 0 Å². The van der Waals surface area contributed by atoms with Crippen LogP contribution in [0.1, 0.15) is 271 Å². The first-order chi connectivity index (χ1) is 31.5. The highest BCUT2D eigenvalue weighted by atomic mass is 16.6. The number of carbonyl (C=O) groups is 3. The van der Waals surface area contributed by atoms with Crippen molar-refractivity contribution in [1.29, 1.82) is 0 Å². The summed E-state index contributed by atoms with van der Waals surface area (Å²) in [6.07, 6.45) is 64.9. The molecule has 0 bridgehead atoms. The van der Waals surface area contributed by atoms with Gasteiger partial charge < -0.3 is 14.2 Å². The van der Waals surface area contributed by atoms with Crippen molar-refractivity contribution in [1.82, 2.24) is 0 Å². The van der Waals surface area contributed by atoms with Crippen LogP contribution in [0.5, 0.6) is 0 Å². The molecule has 1 unspecified atom stereocenters. The van der Waals surface area contributed by atoms with E-state index in [1.807, 2.05) is 0 Å². The Bertz CT molecular complexity index is 1170. The molecule has 0 spiro atoms. The average Bonchev–Trinajstić information content (AvgIpc) is 3.29. The van der Waals surface area contributed by atoms with Crippen LogP contribution in [0.15, 0.2) is 60.8 Å². The summed E-state index contributed by atoms with van der Waals surface area (Å²) in [5, 5.41) is 0. The average molecular weight is 895 g/mol. The lowest BCUT2D eigenvalue weighted by atomic mass is 10.1. The zero-order valence-corrected chi connectivity index (χ0v) is 42.3. The second-order valence-electron chi connectivity index (χ2n) is 18.2. The quantitative estimate of drug-likeness (QED) is 0.0199. The van der Waals surface area contributed by atoms with Crippen molar-refractivity contribution in [2.45, 2.75) is 277 Å². The number of carbonyl (C=O) groups excluding carboxylic acids is 3. The number of unbranched alkanes of at least 4 members (excludes halogenated alkanes) is 30. The maximum atomic E-state index is 12.8. The number of hydrogen-bond acceptors (Lipinski definition) is 6. The van der Waals surface area contributed by atoms with E-state index < -0.39 is 6.10 Å². The zero-order valence-electron chi connectivity index (χ0n) is 42.3. The zero-order chi connectivity index (χ0) is 46.5. The van der Waals surface area contributed by atoms with Crippen LogP contribution in [0.3, 0.4) is 0 Å². The minimum Gasteiger partial charge on any atom is -0.462 e. The van der Waals surface area contributed by atoms with Crippen LogP contribution in [-0.2, 0) is 28.6 Å². The van der Waals surface area contributed by atoms with Gasteiger partial charge in [-0.05, 0) is 89.9 Å². The Morgan fingerprint density at radius 3 is 0.984 bits per heavy atom. The Morgan fingerprint density at radius 2 is 0.625 bits per heavy atom. The molecule has 6 heteroatoms. The molecule has 64 heavy (non-hydrogen) atoms. The molecule has 0 aliphatic rings. The molecule has 0 saturated heterocycles. The Morgan fingerprint density at radius 1 is 0.328 bits per heavy atom. The van der Waals surface area contributed by atoms with Crippen molar-refractivity contribution in [3.05, 3.63) is 60.8 Å². The van der Waals surface area contributed by atoms with Crippen LogP contribution in [0.4, 0.5) is 0 Å². The second kappa shape index (κ2) is 52.7. The van der Waals surface area contributed by atoms with Gasteiger partial charge >= 0.3 is 17.9 Å². The highest BCUT2D eigenvalue weighted by Gasteiger charge is 2.19. The van der Waals surface area contributed by atoms with E-state index in [9.17, 15) is 14.4 Å². The van der Waals surface area contributed by atoms with Crippen molar-refractivity contribution in [2.24, 2.45) is 0 Å². The van der Waals surface area contributed by atoms with E-state index in [4.69, 9.17) is 14.2 Å². The molecule has 0 rings (SSSR count). The summed E-state index contributed by atoms with van der Waals surface area (Å²) in [4.78, 5) is 38.0. The smallest absolute Gasteiger partial charge is 0.306 e. The summed E-state index contributed by atoms with van der Waals surface area (Å²) < 4.78 is 16.8. The standard InChI is InChI=1S/C58H102O6/c1-4-7-10-13-16-19-22-25-27-29-31-33-36-39-42-45-48-51-57(60)63-54-55(53-62-56(59)50-47-44-41-38-35-32-24-21-18-15-12-9-6-3)64-58(61)52-49-46-43-40-37-34-30-28-26-23-20-17-14-11-8-5-2/h9,12,15,18,21,24-25,27-28,30,55H,4-8,10-11,13-14,16-17,19-20,22-23,26,29,31-54H2,1-3H3/b12-9+,18-15+,24-21+,27-25+,30-28+. The third-order valence-electron chi connectivity index (χ3n) is 11.8. The number of rotatable bonds is 49. The van der Waals surface area contributed by atoms with Crippen molar-refractivity contribution in [2.75, 3.05) is 13.2 Å². The first-order valence-corrected chi connectivity index (χ1v) is 27.3. The summed E-state index contributed by atoms with van der Waals surface area (Å²) in [7, 11) is 0. The van der Waals surface area contributed by atoms with Gasteiger partial charge in [-0.2, -0.15) is 0 Å². The highest BCUT2D eigenvalue weighted by molar-refractivity contribution is 5.71. The molecule has 0 heterocycles. The first kappa shape index (κ1) is 61.1. The van der Waals surface area contributed by atoms with Crippen LogP contribution in [0.2, 0.25) is 0 Å². The molecule has 0 amide bonds. The number of allylic oxidation sites excluding steroid dienone is 10. The normalized spacial score (nSPS) is 12.5. The molecule has 0 aliphatic carbocycles. The minimum absolute atomic E-state index is 0.0859. The van der Waals surface area contributed by atoms with Gasteiger partial charge in [0.15, 0.2) is 6.10 Å². The van der Waals surface area contributed by atoms with Crippen molar-refractivity contribution in [3.63, 3.8) is 0 Å². The lowest BCUT2D eigenvalue weighted by molar-refractivity contribution is -0.167. The first-order valence-electron chi connectivity index (χ1n) is 27.3. The van der Waals surface area contributed by atoms with Gasteiger partial charge in [-0.1, -0.05) is 223 Å². The van der Waals surface area contributed by atoms with Gasteiger partial charge in [-0.25, -0.2) is 0 Å². The van der Waals surface area contributed by atoms with Crippen molar-refractivity contribution < 1.29 is 28.6 Å². The second-order valence-corrected chi connectivity index (χ2v) is 18.2. The van der Waals surface area contributed by atoms with Gasteiger partial charge in [-0.3, -0.25) is 14.4 Å². The molecule has 0 aliphatic heterocycles. The molecule has 6 nitrogen and oxygen atoms in total. The molecule has 370 valence electrons. The van der Waals surface area contributed by atoms with Crippen molar-refractivity contribution in [3.8, 4) is 0 Å². The highest BCUT2D eigenvalue weighted by Crippen LogP contribution is 2.15. The van der Waals surface area contributed by atoms with Gasteiger partial charge in [0, 0.05) is 19.3 Å². The van der Waals surface area contributed by atoms with Crippen LogP contribution >= 0.6 is 0 Å². The van der Waals surface area contributed by atoms with E-state index in [-0.39, 0.29) is 31.1 Å². The summed E-state index contributed by atoms with van der Waals surface area (Å²) in [5.41, 5.74) is 0. The SMILES string of the molecule is CC/C=C/C=C/C=C/CCCCCCCC(=O)OCC(COC(=O)CCCCCCCCC/C=C/CCCCCCCC)OC(=O)CCCCCCC/C=C/CCCCCCCCC. The Hall–Kier alpha value is -2.89. The fraction of sp³-hybridized carbons (Fsp3) is 0.776. The fourth-order valence-corrected chi connectivity index (χ4v) is 7.67. The van der Waals surface area contributed by atoms with E-state index in [0.717, 1.165) is 96.3 Å². The largest absolute Gasteiger partial charge is 0.462 e. The van der Waals surface area contributed by atoms with Gasteiger partial charge in [-0.15, -0.1) is 0 Å². The fourth-order valence-electron chi connectivity index (χ4n) is 7.67. The molecule has 0 saturated carbocycles. The molecule has 0 fully saturated rings.